The molecule has 180 valence electrons. The van der Waals surface area contributed by atoms with Gasteiger partial charge in [0.25, 0.3) is 0 Å². The van der Waals surface area contributed by atoms with Crippen molar-refractivity contribution in [1.82, 2.24) is 34.4 Å². The summed E-state index contributed by atoms with van der Waals surface area (Å²) < 4.78 is 7.65. The maximum Gasteiger partial charge on any atom is 0.245 e. The summed E-state index contributed by atoms with van der Waals surface area (Å²) in [6.07, 6.45) is 4.42. The van der Waals surface area contributed by atoms with E-state index in [4.69, 9.17) is 15.5 Å². The second-order valence-corrected chi connectivity index (χ2v) is 8.46. The van der Waals surface area contributed by atoms with Crippen LogP contribution in [0.5, 0.6) is 0 Å². The maximum atomic E-state index is 13.4. The van der Waals surface area contributed by atoms with Crippen molar-refractivity contribution in [2.75, 3.05) is 18.4 Å². The standard InChI is InChI=1S/C22H29N9O3/c1-5-31-20(15-7-24-14(4)25-8-15)29-18-19(26-11-27-21(18)31)28-16(6-17(23)32)22(33)30-9-12(2)34-13(3)10-30/h7-8,11-13,16H,5-6,9-10H2,1-4H3,(H2,23,32)(H,26,27,28)/t12-,13+,16?. The van der Waals surface area contributed by atoms with Crippen molar-refractivity contribution in [3.63, 3.8) is 0 Å². The fourth-order valence-corrected chi connectivity index (χ4v) is 4.21. The Kier molecular flexibility index (Phi) is 6.68. The number of nitrogens with zero attached hydrogens (tertiary/aromatic N) is 7. The lowest BCUT2D eigenvalue weighted by Gasteiger charge is -2.37. The van der Waals surface area contributed by atoms with E-state index in [-0.39, 0.29) is 24.5 Å². The number of aryl methyl sites for hydroxylation is 2. The minimum atomic E-state index is -0.897. The van der Waals surface area contributed by atoms with Gasteiger partial charge in [0.05, 0.1) is 24.2 Å². The summed E-state index contributed by atoms with van der Waals surface area (Å²) in [6.45, 7) is 9.08. The van der Waals surface area contributed by atoms with Crippen LogP contribution >= 0.6 is 0 Å². The molecule has 0 saturated carbocycles. The number of nitrogens with one attached hydrogen (secondary N) is 1. The number of amides is 2. The summed E-state index contributed by atoms with van der Waals surface area (Å²) in [6, 6.07) is -0.897. The van der Waals surface area contributed by atoms with Crippen LogP contribution in [-0.2, 0) is 20.9 Å². The van der Waals surface area contributed by atoms with Gasteiger partial charge in [0, 0.05) is 32.0 Å². The highest BCUT2D eigenvalue weighted by Crippen LogP contribution is 2.27. The van der Waals surface area contributed by atoms with Gasteiger partial charge < -0.3 is 25.3 Å². The van der Waals surface area contributed by atoms with E-state index in [2.05, 4.69) is 25.3 Å². The Bertz CT molecular complexity index is 1180. The first kappa shape index (κ1) is 23.5. The summed E-state index contributed by atoms with van der Waals surface area (Å²) in [5, 5.41) is 3.11. The SMILES string of the molecule is CCn1c(-c2cnc(C)nc2)nc2c(NC(CC(N)=O)C(=O)N3C[C@@H](C)O[C@@H](C)C3)ncnc21. The maximum absolute atomic E-state index is 13.4. The van der Waals surface area contributed by atoms with Crippen molar-refractivity contribution in [2.45, 2.75) is 58.9 Å². The summed E-state index contributed by atoms with van der Waals surface area (Å²) in [5.74, 6) is 0.802. The van der Waals surface area contributed by atoms with Crippen LogP contribution in [0.2, 0.25) is 0 Å². The number of carbonyl (C=O) groups is 2. The third-order valence-electron chi connectivity index (χ3n) is 5.63. The van der Waals surface area contributed by atoms with Gasteiger partial charge in [-0.2, -0.15) is 0 Å². The van der Waals surface area contributed by atoms with E-state index in [1.165, 1.54) is 6.33 Å². The van der Waals surface area contributed by atoms with Crippen LogP contribution in [0.4, 0.5) is 5.82 Å². The Morgan fingerprint density at radius 1 is 1.18 bits per heavy atom. The van der Waals surface area contributed by atoms with Gasteiger partial charge in [-0.05, 0) is 27.7 Å². The molecule has 1 saturated heterocycles. The molecule has 1 fully saturated rings. The number of ether oxygens (including phenoxy) is 1. The lowest BCUT2D eigenvalue weighted by molar-refractivity contribution is -0.145. The van der Waals surface area contributed by atoms with E-state index in [9.17, 15) is 9.59 Å². The van der Waals surface area contributed by atoms with Crippen LogP contribution in [0.25, 0.3) is 22.6 Å². The van der Waals surface area contributed by atoms with Gasteiger partial charge in [0.2, 0.25) is 11.8 Å². The molecule has 34 heavy (non-hydrogen) atoms. The van der Waals surface area contributed by atoms with Gasteiger partial charge >= 0.3 is 0 Å². The number of rotatable bonds is 7. The summed E-state index contributed by atoms with van der Waals surface area (Å²) >= 11 is 0. The van der Waals surface area contributed by atoms with Crippen LogP contribution in [0.1, 0.15) is 33.0 Å². The topological polar surface area (TPSA) is 154 Å². The molecule has 1 unspecified atom stereocenters. The summed E-state index contributed by atoms with van der Waals surface area (Å²) in [4.78, 5) is 48.9. The molecular formula is C22H29N9O3. The number of morpholine rings is 1. The van der Waals surface area contributed by atoms with E-state index < -0.39 is 11.9 Å². The lowest BCUT2D eigenvalue weighted by Crippen LogP contribution is -2.53. The van der Waals surface area contributed by atoms with Crippen LogP contribution in [0, 0.1) is 6.92 Å². The fourth-order valence-electron chi connectivity index (χ4n) is 4.21. The Morgan fingerprint density at radius 3 is 2.47 bits per heavy atom. The van der Waals surface area contributed by atoms with E-state index in [0.29, 0.717) is 48.3 Å². The Morgan fingerprint density at radius 2 is 1.85 bits per heavy atom. The zero-order valence-electron chi connectivity index (χ0n) is 19.7. The molecule has 1 aliphatic heterocycles. The second kappa shape index (κ2) is 9.67. The Hall–Kier alpha value is -3.67. The molecule has 3 N–H and O–H groups in total. The zero-order valence-corrected chi connectivity index (χ0v) is 19.7. The number of anilines is 1. The highest BCUT2D eigenvalue weighted by atomic mass is 16.5. The quantitative estimate of drug-likeness (QED) is 0.516. The number of hydrogen-bond donors (Lipinski definition) is 2. The van der Waals surface area contributed by atoms with Crippen LogP contribution in [-0.4, -0.2) is 77.5 Å². The summed E-state index contributed by atoms with van der Waals surface area (Å²) in [5.41, 5.74) is 7.28. The van der Waals surface area contributed by atoms with Gasteiger partial charge in [0.1, 0.15) is 24.0 Å². The molecule has 0 aromatic carbocycles. The molecule has 0 radical (unpaired) electrons. The molecule has 2 amide bonds. The van der Waals surface area contributed by atoms with Gasteiger partial charge in [-0.1, -0.05) is 0 Å². The first-order valence-electron chi connectivity index (χ1n) is 11.3. The molecule has 0 spiro atoms. The van der Waals surface area contributed by atoms with Crippen molar-refractivity contribution in [2.24, 2.45) is 5.73 Å². The van der Waals surface area contributed by atoms with Crippen molar-refractivity contribution in [1.29, 1.82) is 0 Å². The molecule has 4 heterocycles. The number of aromatic nitrogens is 6. The van der Waals surface area contributed by atoms with E-state index in [0.717, 1.165) is 5.56 Å². The number of hydrogen-bond acceptors (Lipinski definition) is 9. The monoisotopic (exact) mass is 467 g/mol. The lowest BCUT2D eigenvalue weighted by atomic mass is 10.1. The van der Waals surface area contributed by atoms with E-state index in [1.807, 2.05) is 32.3 Å². The zero-order chi connectivity index (χ0) is 24.4. The van der Waals surface area contributed by atoms with E-state index >= 15 is 0 Å². The molecular weight excluding hydrogens is 438 g/mol. The minimum Gasteiger partial charge on any atom is -0.372 e. The van der Waals surface area contributed by atoms with Crippen LogP contribution in [0.3, 0.4) is 0 Å². The molecule has 4 rings (SSSR count). The first-order valence-corrected chi connectivity index (χ1v) is 11.3. The smallest absolute Gasteiger partial charge is 0.245 e. The number of nitrogens with two attached hydrogens (primary N) is 1. The number of imidazole rings is 1. The second-order valence-electron chi connectivity index (χ2n) is 8.46. The molecule has 3 aromatic heterocycles. The van der Waals surface area contributed by atoms with Crippen LogP contribution in [0.15, 0.2) is 18.7 Å². The third-order valence-corrected chi connectivity index (χ3v) is 5.63. The van der Waals surface area contributed by atoms with Gasteiger partial charge in [-0.15, -0.1) is 0 Å². The fraction of sp³-hybridized carbons (Fsp3) is 0.500. The molecule has 1 aliphatic rings. The average Bonchev–Trinajstić information content (AvgIpc) is 3.17. The molecule has 12 heteroatoms. The van der Waals surface area contributed by atoms with E-state index in [1.54, 1.807) is 17.3 Å². The highest BCUT2D eigenvalue weighted by molar-refractivity contribution is 5.93. The number of primary amides is 1. The predicted octanol–water partition coefficient (Wildman–Crippen LogP) is 0.903. The van der Waals surface area contributed by atoms with Gasteiger partial charge in [-0.25, -0.2) is 24.9 Å². The molecule has 3 atom stereocenters. The van der Waals surface area contributed by atoms with Crippen molar-refractivity contribution in [3.05, 3.63) is 24.5 Å². The molecule has 0 aliphatic carbocycles. The van der Waals surface area contributed by atoms with Gasteiger partial charge in [0.15, 0.2) is 17.0 Å². The summed E-state index contributed by atoms with van der Waals surface area (Å²) in [7, 11) is 0. The normalized spacial score (nSPS) is 19.2. The van der Waals surface area contributed by atoms with Crippen LogP contribution < -0.4 is 11.1 Å². The molecule has 0 bridgehead atoms. The highest BCUT2D eigenvalue weighted by Gasteiger charge is 2.32. The van der Waals surface area contributed by atoms with Crippen molar-refractivity contribution >= 4 is 28.8 Å². The van der Waals surface area contributed by atoms with Crippen molar-refractivity contribution in [3.8, 4) is 11.4 Å². The first-order chi connectivity index (χ1) is 16.3. The molecule has 12 nitrogen and oxygen atoms in total. The minimum absolute atomic E-state index is 0.104. The number of carbonyl (C=O) groups excluding carboxylic acids is 2. The molecule has 3 aromatic rings. The van der Waals surface area contributed by atoms with Gasteiger partial charge in [-0.3, -0.25) is 9.59 Å². The Labute approximate surface area is 197 Å². The third kappa shape index (κ3) is 4.81. The largest absolute Gasteiger partial charge is 0.372 e. The Balaban J connectivity index is 1.70. The number of fused-ring (bicyclic) bond motifs is 1. The predicted molar refractivity (Wildman–Crippen MR) is 125 cm³/mol. The average molecular weight is 468 g/mol. The van der Waals surface area contributed by atoms with Crippen molar-refractivity contribution < 1.29 is 14.3 Å².